The van der Waals surface area contributed by atoms with Gasteiger partial charge in [-0.2, -0.15) is 5.26 Å². The average molecular weight is 414 g/mol. The van der Waals surface area contributed by atoms with Gasteiger partial charge in [0.15, 0.2) is 5.78 Å². The van der Waals surface area contributed by atoms with E-state index in [0.29, 0.717) is 23.6 Å². The number of nitrogens with one attached hydrogen (secondary N) is 2. The molecule has 0 saturated carbocycles. The lowest BCUT2D eigenvalue weighted by Gasteiger charge is -2.36. The van der Waals surface area contributed by atoms with Gasteiger partial charge in [-0.25, -0.2) is 9.45 Å². The van der Waals surface area contributed by atoms with E-state index in [-0.39, 0.29) is 18.7 Å². The predicted molar refractivity (Wildman–Crippen MR) is 109 cm³/mol. The number of carbonyl (C=O) groups is 2. The molecule has 2 heterocycles. The minimum Gasteiger partial charge on any atom is -0.304 e. The lowest BCUT2D eigenvalue weighted by Crippen LogP contribution is -2.59. The second-order valence-corrected chi connectivity index (χ2v) is 8.08. The van der Waals surface area contributed by atoms with Crippen LogP contribution in [0.3, 0.4) is 0 Å². The number of aryl methyl sites for hydroxylation is 2. The van der Waals surface area contributed by atoms with Crippen molar-refractivity contribution in [2.24, 2.45) is 5.92 Å². The minimum absolute atomic E-state index is 0.00123. The number of ketones is 1. The molecule has 8 heteroatoms. The van der Waals surface area contributed by atoms with Gasteiger partial charge >= 0.3 is 0 Å². The Hall–Kier alpha value is -2.60. The van der Waals surface area contributed by atoms with Gasteiger partial charge < -0.3 is 10.6 Å². The van der Waals surface area contributed by atoms with Gasteiger partial charge in [0.25, 0.3) is 5.91 Å². The van der Waals surface area contributed by atoms with Crippen molar-refractivity contribution in [3.63, 3.8) is 0 Å². The Labute approximate surface area is 175 Å². The molecule has 3 N–H and O–H groups in total. The molecule has 4 atom stereocenters. The third kappa shape index (κ3) is 4.43. The number of nitriles is 1. The number of hydrogen-bond acceptors (Lipinski definition) is 6. The van der Waals surface area contributed by atoms with Crippen LogP contribution >= 0.6 is 0 Å². The zero-order valence-electron chi connectivity index (χ0n) is 17.4. The average Bonchev–Trinajstić information content (AvgIpc) is 2.72. The van der Waals surface area contributed by atoms with E-state index in [1.807, 2.05) is 32.1 Å². The van der Waals surface area contributed by atoms with Gasteiger partial charge in [0.05, 0.1) is 29.6 Å². The van der Waals surface area contributed by atoms with Gasteiger partial charge in [-0.05, 0) is 49.0 Å². The van der Waals surface area contributed by atoms with Gasteiger partial charge in [0.1, 0.15) is 6.17 Å². The zero-order chi connectivity index (χ0) is 22.0. The summed E-state index contributed by atoms with van der Waals surface area (Å²) in [5.41, 5.74) is 4.38. The molecule has 2 aliphatic heterocycles. The normalized spacial score (nSPS) is 26.5. The third-order valence-electron chi connectivity index (χ3n) is 5.91. The van der Waals surface area contributed by atoms with Crippen molar-refractivity contribution in [3.8, 4) is 6.07 Å². The summed E-state index contributed by atoms with van der Waals surface area (Å²) in [6, 6.07) is 4.71. The van der Waals surface area contributed by atoms with Crippen LogP contribution in [0, 0.1) is 31.1 Å². The lowest BCUT2D eigenvalue weighted by molar-refractivity contribution is -0.168. The summed E-state index contributed by atoms with van der Waals surface area (Å²) in [6.45, 7) is 4.26. The van der Waals surface area contributed by atoms with Crippen LogP contribution in [0.25, 0.3) is 5.57 Å². The number of carbonyl (C=O) groups excluding carboxylic acids is 2. The molecule has 2 aliphatic rings. The number of benzene rings is 1. The van der Waals surface area contributed by atoms with Crippen molar-refractivity contribution in [1.82, 2.24) is 15.7 Å². The second kappa shape index (κ2) is 9.04. The van der Waals surface area contributed by atoms with Crippen LogP contribution in [-0.2, 0) is 9.59 Å². The number of amides is 1. The van der Waals surface area contributed by atoms with Crippen LogP contribution in [0.15, 0.2) is 18.2 Å². The third-order valence-corrected chi connectivity index (χ3v) is 5.91. The first-order valence-corrected chi connectivity index (χ1v) is 10.0. The van der Waals surface area contributed by atoms with E-state index in [9.17, 15) is 24.4 Å². The molecule has 1 unspecified atom stereocenters. The molecular weight excluding hydrogens is 387 g/mol. The van der Waals surface area contributed by atoms with Crippen molar-refractivity contribution >= 4 is 17.3 Å². The number of rotatable bonds is 4. The maximum absolute atomic E-state index is 13.9. The highest BCUT2D eigenvalue weighted by atomic mass is 19.1. The Morgan fingerprint density at radius 2 is 1.93 bits per heavy atom. The molecule has 0 bridgehead atoms. The molecule has 0 aromatic heterocycles. The topological polar surface area (TPSA) is 105 Å². The monoisotopic (exact) mass is 414 g/mol. The van der Waals surface area contributed by atoms with E-state index in [1.165, 1.54) is 7.05 Å². The van der Waals surface area contributed by atoms with E-state index in [4.69, 9.17) is 0 Å². The highest BCUT2D eigenvalue weighted by molar-refractivity contribution is 5.96. The largest absolute Gasteiger partial charge is 0.304 e. The van der Waals surface area contributed by atoms with Crippen molar-refractivity contribution in [3.05, 3.63) is 40.5 Å². The van der Waals surface area contributed by atoms with Crippen molar-refractivity contribution in [2.75, 3.05) is 20.1 Å². The SMILES string of the molecule is Cc1cc(C2=CCNC(C(=O)[C@H]3NC[C@H](F)C[C@@H]3C(=O)N(C)O)C2)cc(C)c1C#N. The maximum atomic E-state index is 13.9. The fraction of sp³-hybridized carbons (Fsp3) is 0.500. The molecule has 0 radical (unpaired) electrons. The standard InChI is InChI=1S/C22H27FN4O3/c1-12-6-15(7-13(2)18(12)10-24)14-4-5-25-19(8-14)21(28)20-17(22(29)27(3)30)9-16(23)11-26-20/h4,6-7,16-17,19-20,25-26,30H,5,8-9,11H2,1-3H3/t16-,17+,19?,20+/m1/s1. The molecule has 1 saturated heterocycles. The summed E-state index contributed by atoms with van der Waals surface area (Å²) in [7, 11) is 1.18. The van der Waals surface area contributed by atoms with Gasteiger partial charge in [0.2, 0.25) is 0 Å². The number of alkyl halides is 1. The minimum atomic E-state index is -1.25. The summed E-state index contributed by atoms with van der Waals surface area (Å²) in [5, 5.41) is 25.3. The molecule has 3 rings (SSSR count). The zero-order valence-corrected chi connectivity index (χ0v) is 17.4. The molecule has 160 valence electrons. The summed E-state index contributed by atoms with van der Waals surface area (Å²) in [4.78, 5) is 25.6. The number of hydrogen-bond donors (Lipinski definition) is 3. The fourth-order valence-electron chi connectivity index (χ4n) is 4.35. The number of Topliss-reactive ketones (excluding diaryl/α,β-unsaturated/α-hetero) is 1. The molecule has 7 nitrogen and oxygen atoms in total. The van der Waals surface area contributed by atoms with E-state index in [2.05, 4.69) is 16.7 Å². The summed E-state index contributed by atoms with van der Waals surface area (Å²) < 4.78 is 13.9. The van der Waals surface area contributed by atoms with Crippen LogP contribution in [0.4, 0.5) is 4.39 Å². The van der Waals surface area contributed by atoms with E-state index >= 15 is 0 Å². The van der Waals surface area contributed by atoms with Crippen molar-refractivity contribution in [1.29, 1.82) is 5.26 Å². The van der Waals surface area contributed by atoms with Crippen LogP contribution in [0.2, 0.25) is 0 Å². The Bertz CT molecular complexity index is 898. The first kappa shape index (κ1) is 22.1. The predicted octanol–water partition coefficient (Wildman–Crippen LogP) is 1.65. The number of hydroxylamine groups is 2. The molecule has 0 spiro atoms. The molecule has 1 aromatic rings. The quantitative estimate of drug-likeness (QED) is 0.511. The highest BCUT2D eigenvalue weighted by Gasteiger charge is 2.42. The number of nitrogens with zero attached hydrogens (tertiary/aromatic N) is 2. The van der Waals surface area contributed by atoms with Gasteiger partial charge in [-0.3, -0.25) is 14.8 Å². The van der Waals surface area contributed by atoms with Crippen LogP contribution in [0.1, 0.15) is 35.1 Å². The second-order valence-electron chi connectivity index (χ2n) is 8.08. The van der Waals surface area contributed by atoms with E-state index in [0.717, 1.165) is 22.3 Å². The Balaban J connectivity index is 1.80. The summed E-state index contributed by atoms with van der Waals surface area (Å²) >= 11 is 0. The van der Waals surface area contributed by atoms with Gasteiger partial charge in [-0.15, -0.1) is 0 Å². The lowest BCUT2D eigenvalue weighted by atomic mass is 9.81. The smallest absolute Gasteiger partial charge is 0.250 e. The maximum Gasteiger partial charge on any atom is 0.250 e. The Morgan fingerprint density at radius 1 is 1.27 bits per heavy atom. The molecule has 30 heavy (non-hydrogen) atoms. The molecule has 1 aromatic carbocycles. The van der Waals surface area contributed by atoms with Crippen LogP contribution < -0.4 is 10.6 Å². The highest BCUT2D eigenvalue weighted by Crippen LogP contribution is 2.29. The number of halogens is 1. The van der Waals surface area contributed by atoms with Crippen molar-refractivity contribution in [2.45, 2.75) is 44.9 Å². The molecule has 1 amide bonds. The molecule has 0 aliphatic carbocycles. The number of piperidine rings is 1. The van der Waals surface area contributed by atoms with Crippen molar-refractivity contribution < 1.29 is 19.2 Å². The first-order valence-electron chi connectivity index (χ1n) is 10.0. The molecular formula is C22H27FN4O3. The fourth-order valence-corrected chi connectivity index (χ4v) is 4.35. The first-order chi connectivity index (χ1) is 14.2. The van der Waals surface area contributed by atoms with E-state index in [1.54, 1.807) is 0 Å². The summed E-state index contributed by atoms with van der Waals surface area (Å²) in [6.07, 6.45) is 1.09. The Morgan fingerprint density at radius 3 is 2.53 bits per heavy atom. The van der Waals surface area contributed by atoms with Crippen LogP contribution in [0.5, 0.6) is 0 Å². The Kier molecular flexibility index (Phi) is 6.66. The summed E-state index contributed by atoms with van der Waals surface area (Å²) in [5.74, 6) is -1.84. The van der Waals surface area contributed by atoms with E-state index < -0.39 is 30.1 Å². The van der Waals surface area contributed by atoms with Gasteiger partial charge in [0, 0.05) is 20.1 Å². The molecule has 1 fully saturated rings. The van der Waals surface area contributed by atoms with Gasteiger partial charge in [-0.1, -0.05) is 18.2 Å². The van der Waals surface area contributed by atoms with Crippen LogP contribution in [-0.4, -0.2) is 60.4 Å².